The summed E-state index contributed by atoms with van der Waals surface area (Å²) in [7, 11) is -4.63. The summed E-state index contributed by atoms with van der Waals surface area (Å²) in [6.07, 6.45) is 36.1. The second-order valence-electron chi connectivity index (χ2n) is 14.7. The fourth-order valence-electron chi connectivity index (χ4n) is 6.11. The number of phosphoric ester groups is 1. The first-order chi connectivity index (χ1) is 25.8. The van der Waals surface area contributed by atoms with Gasteiger partial charge in [-0.3, -0.25) is 18.6 Å². The van der Waals surface area contributed by atoms with Crippen molar-refractivity contribution in [3.05, 3.63) is 12.2 Å². The van der Waals surface area contributed by atoms with E-state index in [0.29, 0.717) is 12.8 Å². The standard InChI is InChI=1S/C42H81O10P/c1-3-5-7-9-11-13-15-17-18-19-20-22-24-26-28-30-32-34-42(46)52-40(36-44)38-50-53(47,48)49-37-39(35-43)51-41(45)33-31-29-27-25-23-21-16-14-12-10-8-6-4-2/h17-18,39-40,43-44H,3-16,19-38H2,1-2H3,(H,47,48)/b18-17-. The van der Waals surface area contributed by atoms with Crippen LogP contribution in [0.4, 0.5) is 0 Å². The van der Waals surface area contributed by atoms with Crippen LogP contribution in [0.25, 0.3) is 0 Å². The zero-order valence-corrected chi connectivity index (χ0v) is 34.9. The number of unbranched alkanes of at least 4 members (excludes halogenated alkanes) is 25. The highest BCUT2D eigenvalue weighted by atomic mass is 31.2. The number of phosphoric acid groups is 1. The van der Waals surface area contributed by atoms with E-state index in [9.17, 15) is 29.3 Å². The van der Waals surface area contributed by atoms with Crippen LogP contribution < -0.4 is 0 Å². The second-order valence-corrected chi connectivity index (χ2v) is 16.1. The number of esters is 2. The molecule has 53 heavy (non-hydrogen) atoms. The van der Waals surface area contributed by atoms with E-state index in [1.54, 1.807) is 0 Å². The first-order valence-electron chi connectivity index (χ1n) is 21.6. The number of rotatable bonds is 41. The van der Waals surface area contributed by atoms with Crippen LogP contribution in [-0.2, 0) is 32.7 Å². The molecule has 0 spiro atoms. The molecule has 3 atom stereocenters. The molecule has 0 amide bonds. The zero-order chi connectivity index (χ0) is 39.1. The number of carbonyl (C=O) groups excluding carboxylic acids is 2. The first kappa shape index (κ1) is 51.7. The summed E-state index contributed by atoms with van der Waals surface area (Å²) in [5, 5.41) is 19.1. The highest BCUT2D eigenvalue weighted by Crippen LogP contribution is 2.43. The average Bonchev–Trinajstić information content (AvgIpc) is 3.14. The van der Waals surface area contributed by atoms with Gasteiger partial charge in [0, 0.05) is 12.8 Å². The smallest absolute Gasteiger partial charge is 0.457 e. The lowest BCUT2D eigenvalue weighted by molar-refractivity contribution is -0.153. The molecular weight excluding hydrogens is 695 g/mol. The van der Waals surface area contributed by atoms with Gasteiger partial charge in [-0.05, 0) is 38.5 Å². The number of hydrogen-bond donors (Lipinski definition) is 3. The van der Waals surface area contributed by atoms with E-state index in [0.717, 1.165) is 44.9 Å². The Morgan fingerprint density at radius 2 is 0.774 bits per heavy atom. The van der Waals surface area contributed by atoms with Gasteiger partial charge in [0.05, 0.1) is 26.4 Å². The molecule has 0 fully saturated rings. The molecular formula is C42H81O10P. The summed E-state index contributed by atoms with van der Waals surface area (Å²) in [4.78, 5) is 34.5. The van der Waals surface area contributed by atoms with Crippen LogP contribution in [0.2, 0.25) is 0 Å². The summed E-state index contributed by atoms with van der Waals surface area (Å²) in [5.41, 5.74) is 0. The molecule has 0 radical (unpaired) electrons. The van der Waals surface area contributed by atoms with E-state index in [1.165, 1.54) is 122 Å². The van der Waals surface area contributed by atoms with E-state index in [4.69, 9.17) is 18.5 Å². The van der Waals surface area contributed by atoms with Crippen molar-refractivity contribution in [1.29, 1.82) is 0 Å². The molecule has 3 N–H and O–H groups in total. The minimum atomic E-state index is -4.63. The summed E-state index contributed by atoms with van der Waals surface area (Å²) in [5.74, 6) is -1.02. The molecule has 3 unspecified atom stereocenters. The van der Waals surface area contributed by atoms with Gasteiger partial charge in [-0.15, -0.1) is 0 Å². The number of ether oxygens (including phenoxy) is 2. The van der Waals surface area contributed by atoms with Gasteiger partial charge >= 0.3 is 19.8 Å². The van der Waals surface area contributed by atoms with E-state index >= 15 is 0 Å². The Labute approximate surface area is 324 Å². The second kappa shape index (κ2) is 39.0. The lowest BCUT2D eigenvalue weighted by atomic mass is 10.0. The number of aliphatic hydroxyl groups excluding tert-OH is 2. The topological polar surface area (TPSA) is 149 Å². The van der Waals surface area contributed by atoms with E-state index in [1.807, 2.05) is 0 Å². The van der Waals surface area contributed by atoms with Gasteiger partial charge in [-0.1, -0.05) is 167 Å². The van der Waals surface area contributed by atoms with Gasteiger partial charge in [0.1, 0.15) is 12.2 Å². The number of allylic oxidation sites excluding steroid dienone is 2. The lowest BCUT2D eigenvalue weighted by Crippen LogP contribution is -2.28. The Hall–Kier alpha value is -1.29. The van der Waals surface area contributed by atoms with Gasteiger partial charge in [0.15, 0.2) is 0 Å². The van der Waals surface area contributed by atoms with Crippen molar-refractivity contribution in [1.82, 2.24) is 0 Å². The minimum absolute atomic E-state index is 0.191. The predicted octanol–water partition coefficient (Wildman–Crippen LogP) is 11.2. The molecule has 10 nitrogen and oxygen atoms in total. The summed E-state index contributed by atoms with van der Waals surface area (Å²) >= 11 is 0. The maximum Gasteiger partial charge on any atom is 0.472 e. The third kappa shape index (κ3) is 37.4. The molecule has 0 saturated heterocycles. The Balaban J connectivity index is 3.91. The molecule has 0 aromatic rings. The predicted molar refractivity (Wildman–Crippen MR) is 215 cm³/mol. The van der Waals surface area contributed by atoms with Gasteiger partial charge < -0.3 is 24.6 Å². The van der Waals surface area contributed by atoms with E-state index in [2.05, 4.69) is 26.0 Å². The Kier molecular flexibility index (Phi) is 38.0. The molecule has 0 bridgehead atoms. The minimum Gasteiger partial charge on any atom is -0.457 e. The molecule has 0 heterocycles. The normalized spacial score (nSPS) is 14.0. The third-order valence-electron chi connectivity index (χ3n) is 9.48. The van der Waals surface area contributed by atoms with Crippen LogP contribution in [0, 0.1) is 0 Å². The monoisotopic (exact) mass is 777 g/mol. The SMILES string of the molecule is CCCCCCCC/C=C\CCCCCCCCCC(=O)OC(CO)COP(=O)(O)OCC(CO)OC(=O)CCCCCCCCCCCCCCC. The molecule has 0 aromatic carbocycles. The summed E-state index contributed by atoms with van der Waals surface area (Å²) in [6, 6.07) is 0. The van der Waals surface area contributed by atoms with Crippen molar-refractivity contribution in [2.45, 2.75) is 219 Å². The van der Waals surface area contributed by atoms with Crippen molar-refractivity contribution in [3.63, 3.8) is 0 Å². The molecule has 11 heteroatoms. The maximum atomic E-state index is 12.3. The highest BCUT2D eigenvalue weighted by Gasteiger charge is 2.27. The van der Waals surface area contributed by atoms with Crippen molar-refractivity contribution in [3.8, 4) is 0 Å². The molecule has 0 aromatic heterocycles. The van der Waals surface area contributed by atoms with E-state index in [-0.39, 0.29) is 12.8 Å². The summed E-state index contributed by atoms with van der Waals surface area (Å²) in [6.45, 7) is 2.22. The number of carbonyl (C=O) groups is 2. The van der Waals surface area contributed by atoms with Crippen molar-refractivity contribution in [2.24, 2.45) is 0 Å². The highest BCUT2D eigenvalue weighted by molar-refractivity contribution is 7.47. The van der Waals surface area contributed by atoms with Crippen molar-refractivity contribution >= 4 is 19.8 Å². The molecule has 0 rings (SSSR count). The molecule has 0 saturated carbocycles. The first-order valence-corrected chi connectivity index (χ1v) is 23.1. The summed E-state index contributed by atoms with van der Waals surface area (Å²) < 4.78 is 32.5. The van der Waals surface area contributed by atoms with Crippen LogP contribution in [0.5, 0.6) is 0 Å². The number of aliphatic hydroxyl groups is 2. The van der Waals surface area contributed by atoms with Gasteiger partial charge in [0.2, 0.25) is 0 Å². The maximum absolute atomic E-state index is 12.3. The Morgan fingerprint density at radius 3 is 1.08 bits per heavy atom. The molecule has 0 aliphatic heterocycles. The molecule has 314 valence electrons. The van der Waals surface area contributed by atoms with Gasteiger partial charge in [-0.25, -0.2) is 4.57 Å². The fraction of sp³-hybridized carbons (Fsp3) is 0.905. The van der Waals surface area contributed by atoms with E-state index < -0.39 is 58.4 Å². The van der Waals surface area contributed by atoms with Gasteiger partial charge in [0.25, 0.3) is 0 Å². The Morgan fingerprint density at radius 1 is 0.491 bits per heavy atom. The van der Waals surface area contributed by atoms with Crippen molar-refractivity contribution < 1.29 is 47.8 Å². The number of hydrogen-bond acceptors (Lipinski definition) is 9. The fourth-order valence-corrected chi connectivity index (χ4v) is 6.89. The lowest BCUT2D eigenvalue weighted by Gasteiger charge is -2.20. The van der Waals surface area contributed by atoms with Crippen LogP contribution in [0.3, 0.4) is 0 Å². The van der Waals surface area contributed by atoms with Crippen LogP contribution in [0.1, 0.15) is 206 Å². The zero-order valence-electron chi connectivity index (χ0n) is 34.0. The van der Waals surface area contributed by atoms with Crippen molar-refractivity contribution in [2.75, 3.05) is 26.4 Å². The largest absolute Gasteiger partial charge is 0.472 e. The van der Waals surface area contributed by atoms with Crippen LogP contribution in [0.15, 0.2) is 12.2 Å². The molecule has 0 aliphatic carbocycles. The quantitative estimate of drug-likeness (QED) is 0.0237. The third-order valence-corrected chi connectivity index (χ3v) is 10.4. The van der Waals surface area contributed by atoms with Crippen LogP contribution in [-0.4, -0.2) is 65.7 Å². The van der Waals surface area contributed by atoms with Crippen LogP contribution >= 0.6 is 7.82 Å². The average molecular weight is 777 g/mol. The van der Waals surface area contributed by atoms with Gasteiger partial charge in [-0.2, -0.15) is 0 Å². The molecule has 0 aliphatic rings. The Bertz CT molecular complexity index is 899.